The molecular weight excluding hydrogens is 498 g/mol. The van der Waals surface area contributed by atoms with Crippen LogP contribution in [0.25, 0.3) is 5.95 Å². The third-order valence-corrected chi connectivity index (χ3v) is 4.27. The monoisotopic (exact) mass is 508 g/mol. The van der Waals surface area contributed by atoms with Crippen molar-refractivity contribution in [3.8, 4) is 5.95 Å². The van der Waals surface area contributed by atoms with Crippen LogP contribution in [-0.4, -0.2) is 30.6 Å². The van der Waals surface area contributed by atoms with Gasteiger partial charge in [-0.15, -0.1) is 5.10 Å². The zero-order valence-electron chi connectivity index (χ0n) is 15.3. The van der Waals surface area contributed by atoms with E-state index in [0.717, 1.165) is 0 Å². The number of rotatable bonds is 4. The SMILES string of the molecule is CC(NC(=O)c1cc(C(F)(F)F)cc(C(F)(F)F)c1)c1nc(Br)nn1-c1ncccn1. The molecule has 0 saturated heterocycles. The highest BCUT2D eigenvalue weighted by molar-refractivity contribution is 9.10. The second kappa shape index (κ2) is 8.24. The minimum Gasteiger partial charge on any atom is -0.342 e. The van der Waals surface area contributed by atoms with Gasteiger partial charge in [-0.3, -0.25) is 4.79 Å². The molecule has 0 radical (unpaired) electrons. The first-order valence-corrected chi connectivity index (χ1v) is 9.16. The number of carbonyl (C=O) groups excluding carboxylic acids is 1. The minimum atomic E-state index is -5.07. The van der Waals surface area contributed by atoms with Crippen LogP contribution in [0.5, 0.6) is 0 Å². The van der Waals surface area contributed by atoms with E-state index in [2.05, 4.69) is 41.3 Å². The highest BCUT2D eigenvalue weighted by Crippen LogP contribution is 2.36. The molecule has 0 spiro atoms. The van der Waals surface area contributed by atoms with Crippen LogP contribution in [-0.2, 0) is 12.4 Å². The van der Waals surface area contributed by atoms with Crippen LogP contribution in [0.2, 0.25) is 0 Å². The molecule has 1 amide bonds. The van der Waals surface area contributed by atoms with Gasteiger partial charge in [0.2, 0.25) is 4.73 Å². The van der Waals surface area contributed by atoms with Crippen LogP contribution in [0.3, 0.4) is 0 Å². The molecule has 0 aliphatic rings. The molecule has 1 unspecified atom stereocenters. The third-order valence-electron chi connectivity index (χ3n) is 3.93. The van der Waals surface area contributed by atoms with Gasteiger partial charge in [-0.1, -0.05) is 0 Å². The van der Waals surface area contributed by atoms with E-state index < -0.39 is 41.0 Å². The number of carbonyl (C=O) groups is 1. The number of nitrogens with one attached hydrogen (secondary N) is 1. The first-order chi connectivity index (χ1) is 14.4. The number of hydrogen-bond acceptors (Lipinski definition) is 5. The number of nitrogens with zero attached hydrogens (tertiary/aromatic N) is 5. The summed E-state index contributed by atoms with van der Waals surface area (Å²) in [5.74, 6) is -0.978. The van der Waals surface area contributed by atoms with Gasteiger partial charge >= 0.3 is 12.4 Å². The fourth-order valence-corrected chi connectivity index (χ4v) is 2.90. The third kappa shape index (κ3) is 5.18. The topological polar surface area (TPSA) is 85.6 Å². The zero-order valence-corrected chi connectivity index (χ0v) is 16.9. The lowest BCUT2D eigenvalue weighted by Crippen LogP contribution is -2.29. The van der Waals surface area contributed by atoms with Crippen molar-refractivity contribution in [1.29, 1.82) is 0 Å². The van der Waals surface area contributed by atoms with Crippen molar-refractivity contribution in [3.05, 3.63) is 63.9 Å². The molecule has 1 N–H and O–H groups in total. The summed E-state index contributed by atoms with van der Waals surface area (Å²) in [4.78, 5) is 24.5. The van der Waals surface area contributed by atoms with Crippen LogP contribution >= 0.6 is 15.9 Å². The van der Waals surface area contributed by atoms with Gasteiger partial charge < -0.3 is 5.32 Å². The van der Waals surface area contributed by atoms with Crippen molar-refractivity contribution < 1.29 is 31.1 Å². The molecule has 164 valence electrons. The summed E-state index contributed by atoms with van der Waals surface area (Å²) >= 11 is 3.06. The lowest BCUT2D eigenvalue weighted by Gasteiger charge is -2.16. The minimum absolute atomic E-state index is 0.0549. The van der Waals surface area contributed by atoms with Gasteiger partial charge in [0, 0.05) is 18.0 Å². The number of benzene rings is 1. The standard InChI is InChI=1S/C17H11BrF6N6O/c1-8(12-28-14(18)29-30(12)15-25-3-2-4-26-15)27-13(31)9-5-10(16(19,20)21)7-11(6-9)17(22,23)24/h2-8H,1H3,(H,27,31). The maximum Gasteiger partial charge on any atom is 0.416 e. The Balaban J connectivity index is 1.94. The van der Waals surface area contributed by atoms with Gasteiger partial charge in [0.25, 0.3) is 11.9 Å². The summed E-state index contributed by atoms with van der Waals surface area (Å²) in [6.07, 6.45) is -7.30. The lowest BCUT2D eigenvalue weighted by atomic mass is 10.0. The van der Waals surface area contributed by atoms with E-state index in [9.17, 15) is 31.1 Å². The number of aromatic nitrogens is 5. The van der Waals surface area contributed by atoms with Gasteiger partial charge in [0.05, 0.1) is 17.2 Å². The first kappa shape index (κ1) is 22.7. The fourth-order valence-electron chi connectivity index (χ4n) is 2.56. The smallest absolute Gasteiger partial charge is 0.342 e. The largest absolute Gasteiger partial charge is 0.416 e. The van der Waals surface area contributed by atoms with Gasteiger partial charge in [0.1, 0.15) is 0 Å². The summed E-state index contributed by atoms with van der Waals surface area (Å²) in [5.41, 5.74) is -4.00. The molecule has 7 nitrogen and oxygen atoms in total. The van der Waals surface area contributed by atoms with Crippen molar-refractivity contribution in [2.75, 3.05) is 0 Å². The van der Waals surface area contributed by atoms with Gasteiger partial charge in [-0.25, -0.2) is 15.0 Å². The van der Waals surface area contributed by atoms with Crippen molar-refractivity contribution >= 4 is 21.8 Å². The van der Waals surface area contributed by atoms with E-state index >= 15 is 0 Å². The van der Waals surface area contributed by atoms with Crippen molar-refractivity contribution in [2.24, 2.45) is 0 Å². The highest BCUT2D eigenvalue weighted by atomic mass is 79.9. The Morgan fingerprint density at radius 1 is 1.03 bits per heavy atom. The Hall–Kier alpha value is -3.03. The summed E-state index contributed by atoms with van der Waals surface area (Å²) in [5, 5.41) is 6.34. The van der Waals surface area contributed by atoms with Gasteiger partial charge in [-0.05, 0) is 47.1 Å². The molecule has 31 heavy (non-hydrogen) atoms. The van der Waals surface area contributed by atoms with Crippen molar-refractivity contribution in [1.82, 2.24) is 30.0 Å². The average Bonchev–Trinajstić information content (AvgIpc) is 3.09. The summed E-state index contributed by atoms with van der Waals surface area (Å²) in [6, 6.07) is 1.21. The van der Waals surface area contributed by atoms with E-state index in [0.29, 0.717) is 12.1 Å². The summed E-state index contributed by atoms with van der Waals surface area (Å²) in [6.45, 7) is 1.42. The molecular formula is C17H11BrF6N6O. The molecule has 3 rings (SSSR count). The maximum absolute atomic E-state index is 13.0. The predicted octanol–water partition coefficient (Wildman–Crippen LogP) is 4.35. The van der Waals surface area contributed by atoms with E-state index in [1.165, 1.54) is 24.0 Å². The molecule has 0 saturated carbocycles. The molecule has 2 aromatic heterocycles. The van der Waals surface area contributed by atoms with E-state index in [-0.39, 0.29) is 22.6 Å². The Labute approximate surface area is 178 Å². The molecule has 0 aliphatic carbocycles. The summed E-state index contributed by atoms with van der Waals surface area (Å²) < 4.78 is 79.5. The lowest BCUT2D eigenvalue weighted by molar-refractivity contribution is -0.143. The Morgan fingerprint density at radius 2 is 1.58 bits per heavy atom. The number of halogens is 7. The van der Waals surface area contributed by atoms with E-state index in [4.69, 9.17) is 0 Å². The molecule has 0 fully saturated rings. The first-order valence-electron chi connectivity index (χ1n) is 8.36. The zero-order chi connectivity index (χ0) is 23.0. The van der Waals surface area contributed by atoms with Crippen LogP contribution < -0.4 is 5.32 Å². The second-order valence-corrected chi connectivity index (χ2v) is 6.90. The van der Waals surface area contributed by atoms with E-state index in [1.54, 1.807) is 6.07 Å². The number of amides is 1. The number of hydrogen-bond donors (Lipinski definition) is 1. The quantitative estimate of drug-likeness (QED) is 0.529. The van der Waals surface area contributed by atoms with Crippen LogP contribution in [0, 0.1) is 0 Å². The molecule has 1 atom stereocenters. The van der Waals surface area contributed by atoms with E-state index in [1.807, 2.05) is 0 Å². The van der Waals surface area contributed by atoms with Crippen LogP contribution in [0.1, 0.15) is 40.3 Å². The predicted molar refractivity (Wildman–Crippen MR) is 97.0 cm³/mol. The fraction of sp³-hybridized carbons (Fsp3) is 0.235. The Morgan fingerprint density at radius 3 is 2.10 bits per heavy atom. The molecule has 3 aromatic rings. The second-order valence-electron chi connectivity index (χ2n) is 6.19. The van der Waals surface area contributed by atoms with Gasteiger partial charge in [-0.2, -0.15) is 31.0 Å². The molecule has 2 heterocycles. The van der Waals surface area contributed by atoms with Crippen molar-refractivity contribution in [2.45, 2.75) is 25.3 Å². The molecule has 14 heteroatoms. The Bertz CT molecular complexity index is 1070. The van der Waals surface area contributed by atoms with Crippen molar-refractivity contribution in [3.63, 3.8) is 0 Å². The highest BCUT2D eigenvalue weighted by Gasteiger charge is 2.37. The molecule has 0 bridgehead atoms. The molecule has 0 aliphatic heterocycles. The molecule has 1 aromatic carbocycles. The summed E-state index contributed by atoms with van der Waals surface area (Å²) in [7, 11) is 0. The van der Waals surface area contributed by atoms with Crippen LogP contribution in [0.15, 0.2) is 41.4 Å². The Kier molecular flexibility index (Phi) is 6.02. The van der Waals surface area contributed by atoms with Crippen LogP contribution in [0.4, 0.5) is 26.3 Å². The average molecular weight is 509 g/mol. The van der Waals surface area contributed by atoms with Gasteiger partial charge in [0.15, 0.2) is 5.82 Å². The maximum atomic E-state index is 13.0. The number of alkyl halides is 6. The normalized spacial score (nSPS) is 13.2.